The van der Waals surface area contributed by atoms with Crippen LogP contribution in [-0.2, 0) is 18.4 Å². The Kier molecular flexibility index (Phi) is 4.93. The highest BCUT2D eigenvalue weighted by atomic mass is 16.5. The molecule has 1 fully saturated rings. The van der Waals surface area contributed by atoms with Crippen molar-refractivity contribution in [1.29, 1.82) is 0 Å². The third-order valence-electron chi connectivity index (χ3n) is 9.08. The number of aryl methyl sites for hydroxylation is 1. The molecule has 3 aliphatic carbocycles. The van der Waals surface area contributed by atoms with E-state index in [0.29, 0.717) is 12.0 Å². The van der Waals surface area contributed by atoms with Crippen molar-refractivity contribution in [1.82, 2.24) is 5.32 Å². The maximum atomic E-state index is 5.64. The molecule has 2 aromatic carbocycles. The van der Waals surface area contributed by atoms with Crippen molar-refractivity contribution < 1.29 is 9.47 Å². The molecule has 0 amide bonds. The van der Waals surface area contributed by atoms with E-state index in [2.05, 4.69) is 68.6 Å². The van der Waals surface area contributed by atoms with Gasteiger partial charge in [-0.15, -0.1) is 0 Å². The number of hydrogen-bond acceptors (Lipinski definition) is 3. The summed E-state index contributed by atoms with van der Waals surface area (Å²) < 4.78 is 11.0. The van der Waals surface area contributed by atoms with Crippen molar-refractivity contribution in [3.05, 3.63) is 70.3 Å². The molecule has 2 bridgehead atoms. The first-order valence-electron chi connectivity index (χ1n) is 11.7. The Hall–Kier alpha value is -2.26. The van der Waals surface area contributed by atoms with Gasteiger partial charge in [-0.25, -0.2) is 0 Å². The van der Waals surface area contributed by atoms with Crippen LogP contribution in [0.25, 0.3) is 0 Å². The number of nitrogens with one attached hydrogen (secondary N) is 1. The second kappa shape index (κ2) is 7.41. The molecule has 31 heavy (non-hydrogen) atoms. The van der Waals surface area contributed by atoms with Crippen LogP contribution in [0.5, 0.6) is 11.5 Å². The van der Waals surface area contributed by atoms with Gasteiger partial charge in [0, 0.05) is 23.4 Å². The largest absolute Gasteiger partial charge is 0.497 e. The Bertz CT molecular complexity index is 1020. The van der Waals surface area contributed by atoms with Crippen molar-refractivity contribution in [2.24, 2.45) is 11.3 Å². The monoisotopic (exact) mass is 417 g/mol. The smallest absolute Gasteiger partial charge is 0.119 e. The predicted octanol–water partition coefficient (Wildman–Crippen LogP) is 5.81. The predicted molar refractivity (Wildman–Crippen MR) is 126 cm³/mol. The van der Waals surface area contributed by atoms with Crippen molar-refractivity contribution in [2.75, 3.05) is 14.2 Å². The van der Waals surface area contributed by atoms with Gasteiger partial charge in [0.1, 0.15) is 11.5 Å². The first kappa shape index (κ1) is 20.6. The standard InChI is InChI=1S/C28H35NO2/c1-18-19(2)28-15-12-21-8-11-23(31-5)16-25(21)27(28,3)14-13-24(18)26(28)29-17-20-6-9-22(30-4)10-7-20/h6-11,16,24,26,29H,12-15,17H2,1-5H3/t24-,26?,27+,28+/m1/s1. The van der Waals surface area contributed by atoms with Gasteiger partial charge in [-0.1, -0.05) is 36.3 Å². The van der Waals surface area contributed by atoms with Crippen LogP contribution in [0.2, 0.25) is 0 Å². The van der Waals surface area contributed by atoms with E-state index in [4.69, 9.17) is 9.47 Å². The van der Waals surface area contributed by atoms with E-state index in [1.165, 1.54) is 36.0 Å². The number of ether oxygens (including phenoxy) is 2. The van der Waals surface area contributed by atoms with Crippen LogP contribution in [0.3, 0.4) is 0 Å². The molecule has 0 saturated heterocycles. The summed E-state index contributed by atoms with van der Waals surface area (Å²) in [7, 11) is 3.50. The molecule has 0 aliphatic heterocycles. The molecule has 3 heteroatoms. The van der Waals surface area contributed by atoms with E-state index in [1.807, 2.05) is 0 Å². The number of methoxy groups -OCH3 is 2. The normalized spacial score (nSPS) is 31.3. The molecule has 2 aromatic rings. The zero-order valence-corrected chi connectivity index (χ0v) is 19.5. The average molecular weight is 418 g/mol. The van der Waals surface area contributed by atoms with Crippen LogP contribution < -0.4 is 14.8 Å². The van der Waals surface area contributed by atoms with E-state index in [9.17, 15) is 0 Å². The van der Waals surface area contributed by atoms with Crippen LogP contribution in [0, 0.1) is 11.3 Å². The second-order valence-corrected chi connectivity index (χ2v) is 9.99. The number of benzene rings is 2. The Morgan fingerprint density at radius 1 is 0.968 bits per heavy atom. The SMILES string of the molecule is COc1ccc(CNC2[C@@H]3CC[C@@]4(C)c5cc(OC)ccc5CC[C@]24C(C)=C3C)cc1. The fraction of sp³-hybridized carbons (Fsp3) is 0.500. The van der Waals surface area contributed by atoms with Crippen molar-refractivity contribution >= 4 is 0 Å². The fourth-order valence-electron chi connectivity index (χ4n) is 7.29. The van der Waals surface area contributed by atoms with Crippen molar-refractivity contribution in [3.8, 4) is 11.5 Å². The van der Waals surface area contributed by atoms with E-state index in [-0.39, 0.29) is 10.8 Å². The Balaban J connectivity index is 1.53. The Morgan fingerprint density at radius 3 is 2.39 bits per heavy atom. The van der Waals surface area contributed by atoms with Gasteiger partial charge in [-0.3, -0.25) is 0 Å². The van der Waals surface area contributed by atoms with E-state index in [0.717, 1.165) is 24.5 Å². The number of rotatable bonds is 5. The number of hydrogen-bond donors (Lipinski definition) is 1. The molecular weight excluding hydrogens is 382 g/mol. The second-order valence-electron chi connectivity index (χ2n) is 9.99. The molecule has 1 saturated carbocycles. The Morgan fingerprint density at radius 2 is 1.68 bits per heavy atom. The molecule has 0 heterocycles. The maximum Gasteiger partial charge on any atom is 0.119 e. The van der Waals surface area contributed by atoms with Gasteiger partial charge >= 0.3 is 0 Å². The average Bonchev–Trinajstić information content (AvgIpc) is 2.96. The summed E-state index contributed by atoms with van der Waals surface area (Å²) in [5.41, 5.74) is 7.91. The van der Waals surface area contributed by atoms with E-state index >= 15 is 0 Å². The summed E-state index contributed by atoms with van der Waals surface area (Å²) in [5.74, 6) is 2.54. The van der Waals surface area contributed by atoms with Gasteiger partial charge in [-0.05, 0) is 86.4 Å². The molecule has 0 aromatic heterocycles. The van der Waals surface area contributed by atoms with Crippen LogP contribution in [0.1, 0.15) is 56.7 Å². The minimum atomic E-state index is 0.130. The highest BCUT2D eigenvalue weighted by Crippen LogP contribution is 2.67. The molecule has 1 N–H and O–H groups in total. The van der Waals surface area contributed by atoms with E-state index < -0.39 is 0 Å². The first-order chi connectivity index (χ1) is 14.9. The summed E-state index contributed by atoms with van der Waals surface area (Å²) in [6, 6.07) is 15.7. The molecule has 1 unspecified atom stereocenters. The lowest BCUT2D eigenvalue weighted by atomic mass is 9.46. The van der Waals surface area contributed by atoms with Crippen LogP contribution >= 0.6 is 0 Å². The summed E-state index contributed by atoms with van der Waals surface area (Å²) in [6.45, 7) is 8.25. The molecule has 1 spiro atoms. The number of fused-ring (bicyclic) bond motifs is 3. The lowest BCUT2D eigenvalue weighted by Gasteiger charge is -2.59. The topological polar surface area (TPSA) is 30.5 Å². The highest BCUT2D eigenvalue weighted by Gasteiger charge is 2.64. The molecule has 3 nitrogen and oxygen atoms in total. The molecule has 5 rings (SSSR count). The lowest BCUT2D eigenvalue weighted by molar-refractivity contribution is 0.0376. The van der Waals surface area contributed by atoms with E-state index in [1.54, 1.807) is 25.4 Å². The summed E-state index contributed by atoms with van der Waals surface area (Å²) in [4.78, 5) is 0. The molecule has 0 radical (unpaired) electrons. The van der Waals surface area contributed by atoms with Crippen LogP contribution in [0.15, 0.2) is 53.6 Å². The van der Waals surface area contributed by atoms with Gasteiger partial charge in [0.2, 0.25) is 0 Å². The highest BCUT2D eigenvalue weighted by molar-refractivity contribution is 5.52. The van der Waals surface area contributed by atoms with Crippen LogP contribution in [0.4, 0.5) is 0 Å². The molecular formula is C28H35NO2. The quantitative estimate of drug-likeness (QED) is 0.623. The van der Waals surface area contributed by atoms with Gasteiger partial charge in [0.25, 0.3) is 0 Å². The fourth-order valence-corrected chi connectivity index (χ4v) is 7.29. The van der Waals surface area contributed by atoms with Crippen molar-refractivity contribution in [2.45, 2.75) is 64.5 Å². The zero-order valence-electron chi connectivity index (χ0n) is 19.5. The maximum absolute atomic E-state index is 5.64. The van der Waals surface area contributed by atoms with Gasteiger partial charge < -0.3 is 14.8 Å². The molecule has 3 aliphatic rings. The van der Waals surface area contributed by atoms with Gasteiger partial charge in [-0.2, -0.15) is 0 Å². The minimum absolute atomic E-state index is 0.130. The zero-order chi connectivity index (χ0) is 21.8. The minimum Gasteiger partial charge on any atom is -0.497 e. The van der Waals surface area contributed by atoms with Crippen molar-refractivity contribution in [3.63, 3.8) is 0 Å². The van der Waals surface area contributed by atoms with Gasteiger partial charge in [0.15, 0.2) is 0 Å². The van der Waals surface area contributed by atoms with Crippen LogP contribution in [-0.4, -0.2) is 20.3 Å². The molecule has 4 atom stereocenters. The summed E-state index contributed by atoms with van der Waals surface area (Å²) in [5, 5.41) is 4.06. The third kappa shape index (κ3) is 2.82. The van der Waals surface area contributed by atoms with Gasteiger partial charge in [0.05, 0.1) is 14.2 Å². The lowest BCUT2D eigenvalue weighted by Crippen LogP contribution is -2.61. The first-order valence-corrected chi connectivity index (χ1v) is 11.7. The third-order valence-corrected chi connectivity index (χ3v) is 9.08. The molecule has 164 valence electrons. The summed E-state index contributed by atoms with van der Waals surface area (Å²) >= 11 is 0. The summed E-state index contributed by atoms with van der Waals surface area (Å²) in [6.07, 6.45) is 4.86. The Labute approximate surface area is 186 Å².